The molecule has 2 fully saturated rings. The number of amides is 2. The fourth-order valence-electron chi connectivity index (χ4n) is 5.70. The molecule has 3 atom stereocenters. The van der Waals surface area contributed by atoms with Crippen molar-refractivity contribution in [1.82, 2.24) is 9.80 Å². The minimum Gasteiger partial charge on any atom is -0.447 e. The Morgan fingerprint density at radius 2 is 1.57 bits per heavy atom. The predicted molar refractivity (Wildman–Crippen MR) is 127 cm³/mol. The van der Waals surface area contributed by atoms with Crippen LogP contribution in [-0.4, -0.2) is 61.9 Å². The molecule has 30 heavy (non-hydrogen) atoms. The molecule has 0 spiro atoms. The molecule has 0 aromatic heterocycles. The first-order valence-corrected chi connectivity index (χ1v) is 18.3. The van der Waals surface area contributed by atoms with Gasteiger partial charge in [-0.05, 0) is 17.9 Å². The molecule has 2 aliphatic rings. The molecule has 0 N–H and O–H groups in total. The van der Waals surface area contributed by atoms with Gasteiger partial charge in [0.15, 0.2) is 0 Å². The normalized spacial score (nSPS) is 25.2. The fourth-order valence-corrected chi connectivity index (χ4v) is 18.4. The van der Waals surface area contributed by atoms with Crippen LogP contribution in [0.2, 0.25) is 39.3 Å². The van der Waals surface area contributed by atoms with Gasteiger partial charge in [-0.1, -0.05) is 83.5 Å². The van der Waals surface area contributed by atoms with Crippen molar-refractivity contribution in [3.8, 4) is 0 Å². The third-order valence-corrected chi connectivity index (χ3v) is 15.3. The zero-order chi connectivity index (χ0) is 22.4. The van der Waals surface area contributed by atoms with Gasteiger partial charge in [0.2, 0.25) is 5.91 Å². The first-order valence-electron chi connectivity index (χ1n) is 11.2. The lowest BCUT2D eigenvalue weighted by Gasteiger charge is -2.59. The molecule has 0 unspecified atom stereocenters. The van der Waals surface area contributed by atoms with Crippen molar-refractivity contribution < 1.29 is 14.3 Å². The molecule has 3 rings (SSSR count). The summed E-state index contributed by atoms with van der Waals surface area (Å²) >= 11 is 0. The van der Waals surface area contributed by atoms with Crippen LogP contribution in [0.25, 0.3) is 0 Å². The number of likely N-dealkylation sites (tertiary alicyclic amines) is 1. The van der Waals surface area contributed by atoms with E-state index in [1.165, 1.54) is 0 Å². The summed E-state index contributed by atoms with van der Waals surface area (Å²) in [5, 5.41) is 0.353. The summed E-state index contributed by atoms with van der Waals surface area (Å²) in [7, 11) is -3.25. The molecule has 1 aromatic carbocycles. The van der Waals surface area contributed by atoms with Crippen LogP contribution in [0.4, 0.5) is 4.79 Å². The van der Waals surface area contributed by atoms with Crippen LogP contribution in [0.3, 0.4) is 0 Å². The lowest BCUT2D eigenvalue weighted by Crippen LogP contribution is -2.79. The Balaban J connectivity index is 1.98. The number of benzene rings is 1. The van der Waals surface area contributed by atoms with Gasteiger partial charge in [-0.2, -0.15) is 0 Å². The number of hydrogen-bond donors (Lipinski definition) is 0. The summed E-state index contributed by atoms with van der Waals surface area (Å²) in [6, 6.07) is 9.42. The topological polar surface area (TPSA) is 49.9 Å². The second-order valence-corrected chi connectivity index (χ2v) is 22.6. The maximum absolute atomic E-state index is 13.7. The Hall–Kier alpha value is -1.61. The van der Waals surface area contributed by atoms with Crippen LogP contribution in [0.5, 0.6) is 0 Å². The van der Waals surface area contributed by atoms with E-state index in [1.807, 2.05) is 30.3 Å². The molecule has 1 aromatic rings. The smallest absolute Gasteiger partial charge is 0.411 e. The van der Waals surface area contributed by atoms with Gasteiger partial charge < -0.3 is 9.64 Å². The van der Waals surface area contributed by atoms with E-state index in [9.17, 15) is 9.59 Å². The molecule has 2 aliphatic heterocycles. The first-order chi connectivity index (χ1) is 13.8. The van der Waals surface area contributed by atoms with Crippen LogP contribution in [0.1, 0.15) is 31.9 Å². The molecule has 0 saturated carbocycles. The Morgan fingerprint density at radius 3 is 2.07 bits per heavy atom. The van der Waals surface area contributed by atoms with Gasteiger partial charge in [0.25, 0.3) is 0 Å². The number of carbonyl (C=O) groups excluding carboxylic acids is 2. The van der Waals surface area contributed by atoms with Gasteiger partial charge in [0.1, 0.15) is 12.6 Å². The predicted octanol–water partition coefficient (Wildman–Crippen LogP) is 4.93. The Labute approximate surface area is 183 Å². The van der Waals surface area contributed by atoms with Crippen LogP contribution in [0.15, 0.2) is 30.3 Å². The van der Waals surface area contributed by atoms with Crippen molar-refractivity contribution in [2.75, 3.05) is 6.61 Å². The van der Waals surface area contributed by atoms with Crippen LogP contribution in [0, 0.1) is 5.92 Å². The number of ether oxygens (including phenoxy) is 1. The minimum atomic E-state index is -1.62. The van der Waals surface area contributed by atoms with Crippen molar-refractivity contribution >= 4 is 28.1 Å². The molecule has 0 radical (unpaired) electrons. The van der Waals surface area contributed by atoms with Crippen LogP contribution < -0.4 is 0 Å². The third-order valence-electron chi connectivity index (χ3n) is 6.26. The Bertz CT molecular complexity index is 772. The lowest BCUT2D eigenvalue weighted by molar-refractivity contribution is -0.159. The highest BCUT2D eigenvalue weighted by molar-refractivity contribution is 6.96. The van der Waals surface area contributed by atoms with E-state index >= 15 is 0 Å². The summed E-state index contributed by atoms with van der Waals surface area (Å²) in [6.07, 6.45) is 0.556. The summed E-state index contributed by atoms with van der Waals surface area (Å²) in [6.45, 7) is 19.0. The molecule has 2 amide bonds. The summed E-state index contributed by atoms with van der Waals surface area (Å²) in [5.41, 5.74) is 1.03. The highest BCUT2D eigenvalue weighted by Crippen LogP contribution is 2.42. The van der Waals surface area contributed by atoms with Gasteiger partial charge in [-0.15, -0.1) is 0 Å². The van der Waals surface area contributed by atoms with E-state index in [0.717, 1.165) is 12.0 Å². The number of hydrogen-bond acceptors (Lipinski definition) is 3. The monoisotopic (exact) mass is 446 g/mol. The molecular weight excluding hydrogens is 408 g/mol. The zero-order valence-corrected chi connectivity index (χ0v) is 21.8. The summed E-state index contributed by atoms with van der Waals surface area (Å²) in [4.78, 5) is 30.5. The summed E-state index contributed by atoms with van der Waals surface area (Å²) in [5.74, 6) is 0.570. The second kappa shape index (κ2) is 8.15. The average molecular weight is 447 g/mol. The molecule has 7 heteroatoms. The average Bonchev–Trinajstić information content (AvgIpc) is 2.99. The van der Waals surface area contributed by atoms with E-state index in [4.69, 9.17) is 4.74 Å². The SMILES string of the molecule is CC(C)C[C@@H]1[C@H](N2C(=O)OC[C@@H]2c2ccccc2)C(=O)N1C([Si](C)(C)C)[Si](C)(C)C. The second-order valence-electron chi connectivity index (χ2n) is 11.4. The van der Waals surface area contributed by atoms with Gasteiger partial charge >= 0.3 is 6.09 Å². The maximum Gasteiger partial charge on any atom is 0.411 e. The van der Waals surface area contributed by atoms with E-state index < -0.39 is 22.2 Å². The minimum absolute atomic E-state index is 0.0674. The lowest BCUT2D eigenvalue weighted by atomic mass is 9.86. The Morgan fingerprint density at radius 1 is 1.00 bits per heavy atom. The first kappa shape index (κ1) is 23.1. The van der Waals surface area contributed by atoms with Gasteiger partial charge in [0.05, 0.1) is 28.2 Å². The molecule has 0 bridgehead atoms. The molecule has 2 saturated heterocycles. The summed E-state index contributed by atoms with van der Waals surface area (Å²) < 4.78 is 5.45. The zero-order valence-electron chi connectivity index (χ0n) is 19.8. The number of cyclic esters (lactones) is 1. The number of nitrogens with zero attached hydrogens (tertiary/aromatic N) is 2. The highest BCUT2D eigenvalue weighted by Gasteiger charge is 2.60. The standard InChI is InChI=1S/C23H38N2O3Si2/c1-16(2)14-18-20(21(26)25(18)23(29(3,4)5)30(6,7)8)24-19(15-28-22(24)27)17-12-10-9-11-13-17/h9-13,16,18-20,23H,14-15H2,1-8H3/t18-,19-,20+/m1/s1. The molecule has 166 valence electrons. The van der Waals surface area contributed by atoms with Crippen molar-refractivity contribution in [1.29, 1.82) is 0 Å². The largest absolute Gasteiger partial charge is 0.447 e. The van der Waals surface area contributed by atoms with E-state index in [-0.39, 0.29) is 24.1 Å². The fraction of sp³-hybridized carbons (Fsp3) is 0.652. The van der Waals surface area contributed by atoms with E-state index in [0.29, 0.717) is 17.8 Å². The van der Waals surface area contributed by atoms with Crippen molar-refractivity contribution in [3.63, 3.8) is 0 Å². The maximum atomic E-state index is 13.7. The molecule has 2 heterocycles. The van der Waals surface area contributed by atoms with Gasteiger partial charge in [0, 0.05) is 5.29 Å². The number of β-lactam (4-membered cyclic amide) rings is 1. The van der Waals surface area contributed by atoms with E-state index in [1.54, 1.807) is 4.90 Å². The molecular formula is C23H38N2O3Si2. The third kappa shape index (κ3) is 4.24. The van der Waals surface area contributed by atoms with Crippen LogP contribution in [-0.2, 0) is 9.53 Å². The molecule has 0 aliphatic carbocycles. The van der Waals surface area contributed by atoms with Gasteiger partial charge in [-0.25, -0.2) is 4.79 Å². The quantitative estimate of drug-likeness (QED) is 0.441. The van der Waals surface area contributed by atoms with Crippen molar-refractivity contribution in [3.05, 3.63) is 35.9 Å². The van der Waals surface area contributed by atoms with Crippen LogP contribution >= 0.6 is 0 Å². The van der Waals surface area contributed by atoms with Crippen molar-refractivity contribution in [2.45, 2.75) is 83.0 Å². The highest BCUT2D eigenvalue weighted by atomic mass is 28.4. The number of rotatable bonds is 7. The Kier molecular flexibility index (Phi) is 6.26. The molecule has 5 nitrogen and oxygen atoms in total. The van der Waals surface area contributed by atoms with Crippen molar-refractivity contribution in [2.24, 2.45) is 5.92 Å². The number of carbonyl (C=O) groups is 2. The van der Waals surface area contributed by atoms with E-state index in [2.05, 4.69) is 58.0 Å². The van der Waals surface area contributed by atoms with Gasteiger partial charge in [-0.3, -0.25) is 9.69 Å².